The van der Waals surface area contributed by atoms with Crippen molar-refractivity contribution in [2.24, 2.45) is 0 Å². The minimum absolute atomic E-state index is 0.485. The molecule has 0 amide bonds. The third-order valence-electron chi connectivity index (χ3n) is 2.76. The van der Waals surface area contributed by atoms with Crippen LogP contribution in [-0.2, 0) is 6.54 Å². The Bertz CT molecular complexity index is 605. The van der Waals surface area contributed by atoms with Gasteiger partial charge in [0.25, 0.3) is 0 Å². The molecule has 0 bridgehead atoms. The first kappa shape index (κ1) is 14.2. The molecule has 2 rings (SSSR count). The molecule has 2 N–H and O–H groups in total. The maximum absolute atomic E-state index is 5.10. The molecular formula is C14H17N5S. The quantitative estimate of drug-likeness (QED) is 0.651. The SMILES string of the molecule is C=CCNC(=S)Nc1ncn(Cc2ccccc2C)n1. The fraction of sp³-hybridized carbons (Fsp3) is 0.214. The Morgan fingerprint density at radius 3 is 3.00 bits per heavy atom. The van der Waals surface area contributed by atoms with Gasteiger partial charge in [-0.2, -0.15) is 0 Å². The molecule has 0 saturated heterocycles. The lowest BCUT2D eigenvalue weighted by Gasteiger charge is -2.06. The summed E-state index contributed by atoms with van der Waals surface area (Å²) in [4.78, 5) is 4.18. The first-order chi connectivity index (χ1) is 9.69. The molecule has 20 heavy (non-hydrogen) atoms. The Balaban J connectivity index is 1.97. The number of anilines is 1. The number of hydrogen-bond donors (Lipinski definition) is 2. The van der Waals surface area contributed by atoms with Gasteiger partial charge in [-0.15, -0.1) is 11.7 Å². The second kappa shape index (κ2) is 6.81. The normalized spacial score (nSPS) is 10.1. The van der Waals surface area contributed by atoms with Crippen molar-refractivity contribution in [2.75, 3.05) is 11.9 Å². The van der Waals surface area contributed by atoms with Gasteiger partial charge >= 0.3 is 0 Å². The van der Waals surface area contributed by atoms with E-state index in [0.29, 0.717) is 24.2 Å². The van der Waals surface area contributed by atoms with E-state index in [-0.39, 0.29) is 0 Å². The second-order valence-corrected chi connectivity index (χ2v) is 4.72. The van der Waals surface area contributed by atoms with E-state index < -0.39 is 0 Å². The average Bonchev–Trinajstić information content (AvgIpc) is 2.86. The summed E-state index contributed by atoms with van der Waals surface area (Å²) in [6.07, 6.45) is 3.42. The van der Waals surface area contributed by atoms with Crippen LogP contribution < -0.4 is 10.6 Å². The lowest BCUT2D eigenvalue weighted by molar-refractivity contribution is 0.684. The highest BCUT2D eigenvalue weighted by Gasteiger charge is 2.04. The molecule has 0 radical (unpaired) electrons. The molecular weight excluding hydrogens is 270 g/mol. The smallest absolute Gasteiger partial charge is 0.248 e. The number of rotatable bonds is 5. The van der Waals surface area contributed by atoms with Gasteiger partial charge in [0, 0.05) is 6.54 Å². The number of aromatic nitrogens is 3. The number of aryl methyl sites for hydroxylation is 1. The zero-order chi connectivity index (χ0) is 14.4. The standard InChI is InChI=1S/C14H17N5S/c1-3-8-15-14(20)17-13-16-10-19(18-13)9-12-7-5-4-6-11(12)2/h3-7,10H,1,8-9H2,2H3,(H2,15,17,18,20). The number of benzene rings is 1. The van der Waals surface area contributed by atoms with Crippen molar-refractivity contribution >= 4 is 23.3 Å². The van der Waals surface area contributed by atoms with Crippen LogP contribution in [0.5, 0.6) is 0 Å². The van der Waals surface area contributed by atoms with Crippen molar-refractivity contribution in [3.63, 3.8) is 0 Å². The predicted octanol–water partition coefficient (Wildman–Crippen LogP) is 2.11. The molecule has 0 aliphatic rings. The summed E-state index contributed by atoms with van der Waals surface area (Å²) in [7, 11) is 0. The Labute approximate surface area is 123 Å². The van der Waals surface area contributed by atoms with Gasteiger partial charge < -0.3 is 5.32 Å². The molecule has 1 heterocycles. The summed E-state index contributed by atoms with van der Waals surface area (Å²) in [6, 6.07) is 8.21. The van der Waals surface area contributed by atoms with Crippen LogP contribution >= 0.6 is 12.2 Å². The molecule has 0 aliphatic heterocycles. The fourth-order valence-corrected chi connectivity index (χ4v) is 1.88. The molecule has 1 aromatic carbocycles. The Morgan fingerprint density at radius 2 is 2.25 bits per heavy atom. The minimum Gasteiger partial charge on any atom is -0.359 e. The van der Waals surface area contributed by atoms with Crippen LogP contribution in [0.3, 0.4) is 0 Å². The van der Waals surface area contributed by atoms with Gasteiger partial charge in [-0.25, -0.2) is 9.67 Å². The fourth-order valence-electron chi connectivity index (χ4n) is 1.70. The number of hydrogen-bond acceptors (Lipinski definition) is 3. The lowest BCUT2D eigenvalue weighted by Crippen LogP contribution is -2.28. The molecule has 5 nitrogen and oxygen atoms in total. The van der Waals surface area contributed by atoms with Crippen LogP contribution in [0, 0.1) is 6.92 Å². The third kappa shape index (κ3) is 3.89. The Morgan fingerprint density at radius 1 is 1.45 bits per heavy atom. The molecule has 0 atom stereocenters. The highest BCUT2D eigenvalue weighted by atomic mass is 32.1. The molecule has 1 aromatic heterocycles. The minimum atomic E-state index is 0.485. The Hall–Kier alpha value is -2.21. The third-order valence-corrected chi connectivity index (χ3v) is 3.01. The van der Waals surface area contributed by atoms with Crippen LogP contribution in [0.4, 0.5) is 5.95 Å². The van der Waals surface area contributed by atoms with Crippen LogP contribution in [-0.4, -0.2) is 26.4 Å². The van der Waals surface area contributed by atoms with Crippen molar-refractivity contribution < 1.29 is 0 Å². The van der Waals surface area contributed by atoms with Crippen LogP contribution in [0.15, 0.2) is 43.2 Å². The lowest BCUT2D eigenvalue weighted by atomic mass is 10.1. The van der Waals surface area contributed by atoms with E-state index in [0.717, 1.165) is 0 Å². The molecule has 0 unspecified atom stereocenters. The van der Waals surface area contributed by atoms with E-state index in [9.17, 15) is 0 Å². The second-order valence-electron chi connectivity index (χ2n) is 4.32. The molecule has 2 aromatic rings. The zero-order valence-corrected chi connectivity index (χ0v) is 12.2. The maximum Gasteiger partial charge on any atom is 0.248 e. The highest BCUT2D eigenvalue weighted by molar-refractivity contribution is 7.80. The van der Waals surface area contributed by atoms with Crippen molar-refractivity contribution in [1.82, 2.24) is 20.1 Å². The summed E-state index contributed by atoms with van der Waals surface area (Å²) in [6.45, 7) is 6.99. The van der Waals surface area contributed by atoms with E-state index in [4.69, 9.17) is 12.2 Å². The van der Waals surface area contributed by atoms with E-state index >= 15 is 0 Å². The van der Waals surface area contributed by atoms with Crippen LogP contribution in [0.2, 0.25) is 0 Å². The van der Waals surface area contributed by atoms with Crippen LogP contribution in [0.1, 0.15) is 11.1 Å². The predicted molar refractivity (Wildman–Crippen MR) is 84.7 cm³/mol. The molecule has 0 fully saturated rings. The summed E-state index contributed by atoms with van der Waals surface area (Å²) >= 11 is 5.10. The summed E-state index contributed by atoms with van der Waals surface area (Å²) in [5.74, 6) is 0.486. The number of nitrogens with one attached hydrogen (secondary N) is 2. The van der Waals surface area contributed by atoms with Crippen molar-refractivity contribution in [1.29, 1.82) is 0 Å². The molecule has 0 spiro atoms. The van der Waals surface area contributed by atoms with Gasteiger partial charge in [0.15, 0.2) is 5.11 Å². The van der Waals surface area contributed by atoms with Crippen molar-refractivity contribution in [3.05, 3.63) is 54.4 Å². The first-order valence-electron chi connectivity index (χ1n) is 6.28. The van der Waals surface area contributed by atoms with Gasteiger partial charge in [0.1, 0.15) is 6.33 Å². The molecule has 0 aliphatic carbocycles. The van der Waals surface area contributed by atoms with E-state index in [1.165, 1.54) is 11.1 Å². The Kier molecular flexibility index (Phi) is 4.84. The molecule has 104 valence electrons. The highest BCUT2D eigenvalue weighted by Crippen LogP contribution is 2.09. The summed E-state index contributed by atoms with van der Waals surface area (Å²) < 4.78 is 1.78. The topological polar surface area (TPSA) is 54.8 Å². The van der Waals surface area contributed by atoms with E-state index in [1.807, 2.05) is 12.1 Å². The molecule has 6 heteroatoms. The largest absolute Gasteiger partial charge is 0.359 e. The van der Waals surface area contributed by atoms with Gasteiger partial charge in [-0.05, 0) is 30.3 Å². The summed E-state index contributed by atoms with van der Waals surface area (Å²) in [5.41, 5.74) is 2.46. The van der Waals surface area contributed by atoms with Crippen molar-refractivity contribution in [2.45, 2.75) is 13.5 Å². The van der Waals surface area contributed by atoms with E-state index in [1.54, 1.807) is 17.1 Å². The average molecular weight is 287 g/mol. The zero-order valence-electron chi connectivity index (χ0n) is 11.3. The number of thiocarbonyl (C=S) groups is 1. The van der Waals surface area contributed by atoms with Crippen LogP contribution in [0.25, 0.3) is 0 Å². The van der Waals surface area contributed by atoms with Crippen molar-refractivity contribution in [3.8, 4) is 0 Å². The maximum atomic E-state index is 5.10. The van der Waals surface area contributed by atoms with Gasteiger partial charge in [-0.1, -0.05) is 30.3 Å². The van der Waals surface area contributed by atoms with Gasteiger partial charge in [0.2, 0.25) is 5.95 Å². The van der Waals surface area contributed by atoms with Gasteiger partial charge in [0.05, 0.1) is 6.54 Å². The molecule has 0 saturated carbocycles. The van der Waals surface area contributed by atoms with E-state index in [2.05, 4.69) is 46.4 Å². The van der Waals surface area contributed by atoms with Gasteiger partial charge in [-0.3, -0.25) is 5.32 Å². The monoisotopic (exact) mass is 287 g/mol. The summed E-state index contributed by atoms with van der Waals surface area (Å²) in [5, 5.41) is 10.7. The number of nitrogens with zero attached hydrogens (tertiary/aromatic N) is 3. The first-order valence-corrected chi connectivity index (χ1v) is 6.69.